The number of amides is 1. The van der Waals surface area contributed by atoms with Gasteiger partial charge in [-0.2, -0.15) is 5.10 Å². The third-order valence-electron chi connectivity index (χ3n) is 4.23. The van der Waals surface area contributed by atoms with E-state index in [0.717, 1.165) is 17.9 Å². The maximum atomic E-state index is 13.1. The highest BCUT2D eigenvalue weighted by molar-refractivity contribution is 5.96. The Kier molecular flexibility index (Phi) is 5.62. The van der Waals surface area contributed by atoms with Crippen LogP contribution in [0.5, 0.6) is 0 Å². The maximum absolute atomic E-state index is 13.1. The van der Waals surface area contributed by atoms with Crippen LogP contribution in [0.1, 0.15) is 28.7 Å². The normalized spacial score (nSPS) is 17.5. The Balaban J connectivity index is 0.00000208. The van der Waals surface area contributed by atoms with Crippen molar-refractivity contribution in [3.8, 4) is 5.69 Å². The molecule has 3 rings (SSSR count). The van der Waals surface area contributed by atoms with Crippen molar-refractivity contribution in [3.63, 3.8) is 0 Å². The predicted molar refractivity (Wildman–Crippen MR) is 93.6 cm³/mol. The number of aryl methyl sites for hydroxylation is 1. The summed E-state index contributed by atoms with van der Waals surface area (Å²) in [5, 5.41) is 7.81. The molecule has 1 saturated heterocycles. The molecule has 1 fully saturated rings. The lowest BCUT2D eigenvalue weighted by Gasteiger charge is -2.32. The number of rotatable bonds is 2. The molecule has 0 aliphatic carbocycles. The van der Waals surface area contributed by atoms with Gasteiger partial charge in [-0.1, -0.05) is 0 Å². The topological polar surface area (TPSA) is 50.2 Å². The SMILES string of the molecule is Cc1nn(-c2ccc(F)cc2)c(C)c1C(=O)N1CCNC(C)C1.Cl. The predicted octanol–water partition coefficient (Wildman–Crippen LogP) is 2.48. The van der Waals surface area contributed by atoms with Crippen LogP contribution in [-0.4, -0.2) is 46.3 Å². The highest BCUT2D eigenvalue weighted by Crippen LogP contribution is 2.20. The third kappa shape index (κ3) is 3.44. The summed E-state index contributed by atoms with van der Waals surface area (Å²) in [5.41, 5.74) is 2.87. The molecular weight excluding hydrogens is 331 g/mol. The van der Waals surface area contributed by atoms with Crippen molar-refractivity contribution in [3.05, 3.63) is 47.0 Å². The molecule has 0 bridgehead atoms. The van der Waals surface area contributed by atoms with Gasteiger partial charge in [0.25, 0.3) is 5.91 Å². The highest BCUT2D eigenvalue weighted by atomic mass is 35.5. The fraction of sp³-hybridized carbons (Fsp3) is 0.412. The van der Waals surface area contributed by atoms with Gasteiger partial charge >= 0.3 is 0 Å². The average Bonchev–Trinajstić information content (AvgIpc) is 2.82. The van der Waals surface area contributed by atoms with Gasteiger partial charge in [0.2, 0.25) is 0 Å². The minimum absolute atomic E-state index is 0. The monoisotopic (exact) mass is 352 g/mol. The number of hydrogen-bond acceptors (Lipinski definition) is 3. The van der Waals surface area contributed by atoms with Crippen LogP contribution in [0.4, 0.5) is 4.39 Å². The van der Waals surface area contributed by atoms with Crippen LogP contribution in [0, 0.1) is 19.7 Å². The summed E-state index contributed by atoms with van der Waals surface area (Å²) in [7, 11) is 0. The molecule has 0 saturated carbocycles. The molecule has 1 aliphatic heterocycles. The highest BCUT2D eigenvalue weighted by Gasteiger charge is 2.27. The van der Waals surface area contributed by atoms with Gasteiger partial charge in [-0.3, -0.25) is 4.79 Å². The molecule has 1 N–H and O–H groups in total. The quantitative estimate of drug-likeness (QED) is 0.903. The van der Waals surface area contributed by atoms with Crippen LogP contribution >= 0.6 is 12.4 Å². The van der Waals surface area contributed by atoms with E-state index in [-0.39, 0.29) is 24.1 Å². The first kappa shape index (κ1) is 18.4. The first-order valence-corrected chi connectivity index (χ1v) is 7.82. The van der Waals surface area contributed by atoms with Crippen LogP contribution in [0.25, 0.3) is 5.69 Å². The van der Waals surface area contributed by atoms with Crippen LogP contribution in [0.15, 0.2) is 24.3 Å². The van der Waals surface area contributed by atoms with E-state index < -0.39 is 0 Å². The van der Waals surface area contributed by atoms with Crippen molar-refractivity contribution in [2.75, 3.05) is 19.6 Å². The van der Waals surface area contributed by atoms with Gasteiger partial charge in [0, 0.05) is 25.7 Å². The van der Waals surface area contributed by atoms with Gasteiger partial charge in [0.05, 0.1) is 22.6 Å². The zero-order chi connectivity index (χ0) is 16.6. The maximum Gasteiger partial charge on any atom is 0.257 e. The molecule has 2 heterocycles. The molecule has 130 valence electrons. The molecule has 7 heteroatoms. The number of carbonyl (C=O) groups excluding carboxylic acids is 1. The van der Waals surface area contributed by atoms with E-state index in [1.165, 1.54) is 12.1 Å². The molecule has 2 aromatic rings. The van der Waals surface area contributed by atoms with E-state index in [0.29, 0.717) is 30.4 Å². The van der Waals surface area contributed by atoms with Gasteiger partial charge in [-0.25, -0.2) is 9.07 Å². The van der Waals surface area contributed by atoms with Gasteiger partial charge < -0.3 is 10.2 Å². The van der Waals surface area contributed by atoms with E-state index in [1.54, 1.807) is 16.8 Å². The van der Waals surface area contributed by atoms with Crippen LogP contribution in [0.2, 0.25) is 0 Å². The number of halogens is 2. The second-order valence-corrected chi connectivity index (χ2v) is 6.04. The Morgan fingerprint density at radius 1 is 1.29 bits per heavy atom. The summed E-state index contributed by atoms with van der Waals surface area (Å²) in [6.07, 6.45) is 0. The second-order valence-electron chi connectivity index (χ2n) is 6.04. The second kappa shape index (κ2) is 7.32. The van der Waals surface area contributed by atoms with Gasteiger partial charge in [-0.05, 0) is 45.0 Å². The minimum Gasteiger partial charge on any atom is -0.336 e. The van der Waals surface area contributed by atoms with Gasteiger partial charge in [0.1, 0.15) is 5.82 Å². The van der Waals surface area contributed by atoms with Crippen molar-refractivity contribution < 1.29 is 9.18 Å². The van der Waals surface area contributed by atoms with Crippen molar-refractivity contribution in [2.24, 2.45) is 0 Å². The number of aromatic nitrogens is 2. The molecule has 1 atom stereocenters. The molecule has 1 aromatic carbocycles. The lowest BCUT2D eigenvalue weighted by Crippen LogP contribution is -2.51. The van der Waals surface area contributed by atoms with E-state index >= 15 is 0 Å². The van der Waals surface area contributed by atoms with Crippen molar-refractivity contribution in [1.82, 2.24) is 20.0 Å². The molecule has 0 spiro atoms. The Morgan fingerprint density at radius 3 is 2.58 bits per heavy atom. The van der Waals surface area contributed by atoms with Gasteiger partial charge in [-0.15, -0.1) is 12.4 Å². The zero-order valence-corrected chi connectivity index (χ0v) is 14.9. The first-order chi connectivity index (χ1) is 11.0. The molecule has 1 aromatic heterocycles. The Bertz CT molecular complexity index is 729. The standard InChI is InChI=1S/C17H21FN4O.ClH/c1-11-10-21(9-8-19-11)17(23)16-12(2)20-22(13(16)3)15-6-4-14(18)5-7-15;/h4-7,11,19H,8-10H2,1-3H3;1H. The number of hydrogen-bond donors (Lipinski definition) is 1. The average molecular weight is 353 g/mol. The van der Waals surface area contributed by atoms with Crippen LogP contribution in [0.3, 0.4) is 0 Å². The Morgan fingerprint density at radius 2 is 1.96 bits per heavy atom. The zero-order valence-electron chi connectivity index (χ0n) is 14.0. The minimum atomic E-state index is -0.290. The number of nitrogens with one attached hydrogen (secondary N) is 1. The summed E-state index contributed by atoms with van der Waals surface area (Å²) in [4.78, 5) is 14.7. The Hall–Kier alpha value is -1.92. The van der Waals surface area contributed by atoms with Crippen LogP contribution in [-0.2, 0) is 0 Å². The largest absolute Gasteiger partial charge is 0.336 e. The Labute approximate surface area is 147 Å². The molecule has 1 aliphatic rings. The fourth-order valence-corrected chi connectivity index (χ4v) is 3.06. The summed E-state index contributed by atoms with van der Waals surface area (Å²) < 4.78 is 14.8. The first-order valence-electron chi connectivity index (χ1n) is 7.82. The van der Waals surface area contributed by atoms with E-state index in [9.17, 15) is 9.18 Å². The summed E-state index contributed by atoms with van der Waals surface area (Å²) in [6.45, 7) is 7.98. The van der Waals surface area contributed by atoms with Crippen LogP contribution < -0.4 is 5.32 Å². The van der Waals surface area contributed by atoms with Crippen molar-refractivity contribution >= 4 is 18.3 Å². The molecule has 0 radical (unpaired) electrons. The van der Waals surface area contributed by atoms with E-state index in [1.807, 2.05) is 18.7 Å². The van der Waals surface area contributed by atoms with Crippen molar-refractivity contribution in [1.29, 1.82) is 0 Å². The smallest absolute Gasteiger partial charge is 0.257 e. The molecule has 24 heavy (non-hydrogen) atoms. The fourth-order valence-electron chi connectivity index (χ4n) is 3.06. The molecule has 1 amide bonds. The molecule has 1 unspecified atom stereocenters. The van der Waals surface area contributed by atoms with E-state index in [2.05, 4.69) is 17.3 Å². The lowest BCUT2D eigenvalue weighted by molar-refractivity contribution is 0.0707. The number of nitrogens with zero attached hydrogens (tertiary/aromatic N) is 3. The number of carbonyl (C=O) groups is 1. The third-order valence-corrected chi connectivity index (χ3v) is 4.23. The summed E-state index contributed by atoms with van der Waals surface area (Å²) >= 11 is 0. The summed E-state index contributed by atoms with van der Waals surface area (Å²) in [6, 6.07) is 6.41. The van der Waals surface area contributed by atoms with Gasteiger partial charge in [0.15, 0.2) is 0 Å². The lowest BCUT2D eigenvalue weighted by atomic mass is 10.1. The van der Waals surface area contributed by atoms with Crippen molar-refractivity contribution in [2.45, 2.75) is 26.8 Å². The number of piperazine rings is 1. The van der Waals surface area contributed by atoms with E-state index in [4.69, 9.17) is 0 Å². The molecule has 5 nitrogen and oxygen atoms in total. The summed E-state index contributed by atoms with van der Waals surface area (Å²) in [5.74, 6) is -0.275. The molecular formula is C17H22ClFN4O. The number of benzene rings is 1.